The molecule has 1 aromatic heterocycles. The fourth-order valence-corrected chi connectivity index (χ4v) is 2.41. The average Bonchev–Trinajstić information content (AvgIpc) is 3.14. The van der Waals surface area contributed by atoms with Crippen LogP contribution in [0.5, 0.6) is 0 Å². The predicted octanol–water partition coefficient (Wildman–Crippen LogP) is 3.03. The Hall–Kier alpha value is -2.03. The molecule has 0 bridgehead atoms. The largest absolute Gasteiger partial charge is 0.459 e. The number of hydrogen-bond acceptors (Lipinski definition) is 3. The molecule has 1 heterocycles. The molecule has 0 spiro atoms. The van der Waals surface area contributed by atoms with Crippen molar-refractivity contribution in [3.8, 4) is 0 Å². The summed E-state index contributed by atoms with van der Waals surface area (Å²) in [6.45, 7) is 6.65. The van der Waals surface area contributed by atoms with Crippen LogP contribution in [0.25, 0.3) is 0 Å². The van der Waals surface area contributed by atoms with E-state index in [1.165, 1.54) is 17.4 Å². The van der Waals surface area contributed by atoms with Crippen LogP contribution in [0.1, 0.15) is 28.6 Å². The van der Waals surface area contributed by atoms with Crippen LogP contribution < -0.4 is 10.6 Å². The van der Waals surface area contributed by atoms with Crippen LogP contribution in [0, 0.1) is 6.92 Å². The summed E-state index contributed by atoms with van der Waals surface area (Å²) in [6, 6.07) is 11.6. The first-order valence-electron chi connectivity index (χ1n) is 8.47. The first-order chi connectivity index (χ1) is 12.1. The van der Waals surface area contributed by atoms with Crippen LogP contribution in [0.2, 0.25) is 0 Å². The molecule has 0 aliphatic heterocycles. The number of furan rings is 1. The fourth-order valence-electron chi connectivity index (χ4n) is 2.41. The lowest BCUT2D eigenvalue weighted by atomic mass is 10.1. The molecule has 0 aliphatic carbocycles. The second-order valence-electron chi connectivity index (χ2n) is 5.75. The van der Waals surface area contributed by atoms with E-state index in [-0.39, 0.29) is 29.9 Å². The molecule has 0 saturated carbocycles. The summed E-state index contributed by atoms with van der Waals surface area (Å²) in [5, 5.41) is 6.08. The molecule has 2 aromatic rings. The Morgan fingerprint density at radius 1 is 1.19 bits per heavy atom. The average molecular weight is 470 g/mol. The number of guanidine groups is 1. The molecule has 1 amide bonds. The van der Waals surface area contributed by atoms with Crippen LogP contribution in [0.4, 0.5) is 0 Å². The SMILES string of the molecule is CCNC(=NCCNC(=O)c1ccco1)N(C)Cc1ccccc1C.I. The third-order valence-corrected chi connectivity index (χ3v) is 3.77. The van der Waals surface area contributed by atoms with Gasteiger partial charge in [0.2, 0.25) is 0 Å². The number of halogens is 1. The van der Waals surface area contributed by atoms with Crippen molar-refractivity contribution in [3.63, 3.8) is 0 Å². The fraction of sp³-hybridized carbons (Fsp3) is 0.368. The minimum atomic E-state index is -0.224. The first-order valence-corrected chi connectivity index (χ1v) is 8.47. The van der Waals surface area contributed by atoms with Gasteiger partial charge in [0.1, 0.15) is 0 Å². The summed E-state index contributed by atoms with van der Waals surface area (Å²) in [5.41, 5.74) is 2.53. The van der Waals surface area contributed by atoms with E-state index < -0.39 is 0 Å². The lowest BCUT2D eigenvalue weighted by Crippen LogP contribution is -2.39. The predicted molar refractivity (Wildman–Crippen MR) is 115 cm³/mol. The lowest BCUT2D eigenvalue weighted by molar-refractivity contribution is 0.0927. The molecule has 0 atom stereocenters. The zero-order valence-electron chi connectivity index (χ0n) is 15.5. The van der Waals surface area contributed by atoms with Crippen LogP contribution in [-0.4, -0.2) is 43.4 Å². The van der Waals surface area contributed by atoms with Crippen molar-refractivity contribution < 1.29 is 9.21 Å². The number of benzene rings is 1. The number of nitrogens with one attached hydrogen (secondary N) is 2. The van der Waals surface area contributed by atoms with Gasteiger partial charge < -0.3 is 20.0 Å². The molecule has 26 heavy (non-hydrogen) atoms. The Morgan fingerprint density at radius 3 is 2.62 bits per heavy atom. The number of aliphatic imine (C=N–C) groups is 1. The van der Waals surface area contributed by atoms with E-state index >= 15 is 0 Å². The molecule has 1 aromatic carbocycles. The summed E-state index contributed by atoms with van der Waals surface area (Å²) >= 11 is 0. The molecule has 0 saturated heterocycles. The summed E-state index contributed by atoms with van der Waals surface area (Å²) < 4.78 is 5.06. The Balaban J connectivity index is 0.00000338. The van der Waals surface area contributed by atoms with Crippen molar-refractivity contribution in [1.29, 1.82) is 0 Å². The molecule has 0 radical (unpaired) electrons. The van der Waals surface area contributed by atoms with Gasteiger partial charge in [-0.05, 0) is 37.1 Å². The first kappa shape index (κ1) is 22.0. The van der Waals surface area contributed by atoms with Gasteiger partial charge >= 0.3 is 0 Å². The zero-order chi connectivity index (χ0) is 18.1. The van der Waals surface area contributed by atoms with Crippen LogP contribution >= 0.6 is 24.0 Å². The Morgan fingerprint density at radius 2 is 1.96 bits per heavy atom. The molecule has 0 unspecified atom stereocenters. The van der Waals surface area contributed by atoms with Gasteiger partial charge in [0.05, 0.1) is 12.8 Å². The minimum Gasteiger partial charge on any atom is -0.459 e. The van der Waals surface area contributed by atoms with E-state index in [4.69, 9.17) is 4.42 Å². The number of carbonyl (C=O) groups excluding carboxylic acids is 1. The third-order valence-electron chi connectivity index (χ3n) is 3.77. The second kappa shape index (κ2) is 11.6. The summed E-state index contributed by atoms with van der Waals surface area (Å²) in [5.74, 6) is 0.907. The van der Waals surface area contributed by atoms with E-state index in [0.717, 1.165) is 19.0 Å². The Labute approximate surface area is 172 Å². The molecule has 2 rings (SSSR count). The quantitative estimate of drug-likeness (QED) is 0.283. The molecular formula is C19H27IN4O2. The standard InChI is InChI=1S/C19H26N4O2.HI/c1-4-20-19(23(3)14-16-9-6-5-8-15(16)2)22-12-11-21-18(24)17-10-7-13-25-17;/h5-10,13H,4,11-12,14H2,1-3H3,(H,20,22)(H,21,24);1H. The Kier molecular flexibility index (Phi) is 9.79. The van der Waals surface area contributed by atoms with E-state index in [0.29, 0.717) is 18.8 Å². The van der Waals surface area contributed by atoms with Gasteiger partial charge in [-0.1, -0.05) is 24.3 Å². The minimum absolute atomic E-state index is 0. The van der Waals surface area contributed by atoms with Crippen LogP contribution in [0.15, 0.2) is 52.1 Å². The Bertz CT molecular complexity index is 701. The highest BCUT2D eigenvalue weighted by Crippen LogP contribution is 2.09. The molecule has 0 fully saturated rings. The van der Waals surface area contributed by atoms with Gasteiger partial charge in [-0.15, -0.1) is 24.0 Å². The van der Waals surface area contributed by atoms with Crippen molar-refractivity contribution >= 4 is 35.8 Å². The normalized spacial score (nSPS) is 10.8. The smallest absolute Gasteiger partial charge is 0.287 e. The van der Waals surface area contributed by atoms with E-state index in [2.05, 4.69) is 39.6 Å². The van der Waals surface area contributed by atoms with E-state index in [9.17, 15) is 4.79 Å². The van der Waals surface area contributed by atoms with Gasteiger partial charge in [-0.25, -0.2) is 0 Å². The number of rotatable bonds is 7. The summed E-state index contributed by atoms with van der Waals surface area (Å²) in [4.78, 5) is 18.5. The van der Waals surface area contributed by atoms with Gasteiger partial charge in [0.15, 0.2) is 11.7 Å². The number of nitrogens with zero attached hydrogens (tertiary/aromatic N) is 2. The molecule has 6 nitrogen and oxygen atoms in total. The zero-order valence-corrected chi connectivity index (χ0v) is 17.8. The van der Waals surface area contributed by atoms with Crippen molar-refractivity contribution in [1.82, 2.24) is 15.5 Å². The van der Waals surface area contributed by atoms with Crippen molar-refractivity contribution in [3.05, 3.63) is 59.5 Å². The van der Waals surface area contributed by atoms with Gasteiger partial charge in [-0.2, -0.15) is 0 Å². The maximum Gasteiger partial charge on any atom is 0.287 e. The van der Waals surface area contributed by atoms with Crippen LogP contribution in [-0.2, 0) is 6.54 Å². The maximum atomic E-state index is 11.8. The second-order valence-corrected chi connectivity index (χ2v) is 5.75. The molecule has 7 heteroatoms. The summed E-state index contributed by atoms with van der Waals surface area (Å²) in [6.07, 6.45) is 1.48. The monoisotopic (exact) mass is 470 g/mol. The molecule has 142 valence electrons. The molecule has 0 aliphatic rings. The highest BCUT2D eigenvalue weighted by Gasteiger charge is 2.09. The highest BCUT2D eigenvalue weighted by atomic mass is 127. The van der Waals surface area contributed by atoms with Crippen molar-refractivity contribution in [2.24, 2.45) is 4.99 Å². The van der Waals surface area contributed by atoms with Gasteiger partial charge in [-0.3, -0.25) is 9.79 Å². The van der Waals surface area contributed by atoms with E-state index in [1.807, 2.05) is 26.1 Å². The highest BCUT2D eigenvalue weighted by molar-refractivity contribution is 14.0. The van der Waals surface area contributed by atoms with Crippen LogP contribution in [0.3, 0.4) is 0 Å². The number of carbonyl (C=O) groups is 1. The van der Waals surface area contributed by atoms with Crippen molar-refractivity contribution in [2.75, 3.05) is 26.7 Å². The van der Waals surface area contributed by atoms with Gasteiger partial charge in [0, 0.05) is 26.7 Å². The third kappa shape index (κ3) is 6.70. The maximum absolute atomic E-state index is 11.8. The molecule has 2 N–H and O–H groups in total. The number of aryl methyl sites for hydroxylation is 1. The molecular weight excluding hydrogens is 443 g/mol. The number of amides is 1. The van der Waals surface area contributed by atoms with Crippen molar-refractivity contribution in [2.45, 2.75) is 20.4 Å². The summed E-state index contributed by atoms with van der Waals surface area (Å²) in [7, 11) is 2.01. The topological polar surface area (TPSA) is 69.9 Å². The lowest BCUT2D eigenvalue weighted by Gasteiger charge is -2.23. The van der Waals surface area contributed by atoms with Gasteiger partial charge in [0.25, 0.3) is 5.91 Å². The number of hydrogen-bond donors (Lipinski definition) is 2. The van der Waals surface area contributed by atoms with E-state index in [1.54, 1.807) is 12.1 Å².